The van der Waals surface area contributed by atoms with Crippen LogP contribution in [0.4, 0.5) is 0 Å². The van der Waals surface area contributed by atoms with E-state index in [0.717, 1.165) is 6.42 Å². The van der Waals surface area contributed by atoms with Crippen molar-refractivity contribution in [2.24, 2.45) is 5.92 Å². The topological polar surface area (TPSA) is 29.1 Å². The van der Waals surface area contributed by atoms with Crippen LogP contribution in [0, 0.1) is 5.92 Å². The van der Waals surface area contributed by atoms with E-state index < -0.39 is 0 Å². The summed E-state index contributed by atoms with van der Waals surface area (Å²) in [5.74, 6) is 0.523. The fourth-order valence-electron chi connectivity index (χ4n) is 1.25. The molecule has 1 saturated heterocycles. The van der Waals surface area contributed by atoms with E-state index in [1.807, 2.05) is 0 Å². The molecule has 2 rings (SSSR count). The molecule has 8 heavy (non-hydrogen) atoms. The summed E-state index contributed by atoms with van der Waals surface area (Å²) in [4.78, 5) is 10.6. The minimum atomic E-state index is 0.222. The molecule has 0 unspecified atom stereocenters. The number of carbonyl (C=O) groups is 1. The van der Waals surface area contributed by atoms with Crippen LogP contribution in [0.1, 0.15) is 6.42 Å². The molecule has 2 atom stereocenters. The van der Waals surface area contributed by atoms with E-state index in [-0.39, 0.29) is 5.91 Å². The second-order valence-corrected chi connectivity index (χ2v) is 2.30. The molecule has 0 spiro atoms. The van der Waals surface area contributed by atoms with Gasteiger partial charge in [0, 0.05) is 0 Å². The van der Waals surface area contributed by atoms with Crippen LogP contribution in [0.2, 0.25) is 0 Å². The SMILES string of the molecule is O=C1N[C@H]2C=CC[C@@H]12. The number of nitrogens with one attached hydrogen (secondary N) is 1. The van der Waals surface area contributed by atoms with Gasteiger partial charge in [-0.1, -0.05) is 12.2 Å². The zero-order valence-electron chi connectivity index (χ0n) is 4.42. The molecule has 2 aliphatic rings. The Labute approximate surface area is 47.6 Å². The number of hydrogen-bond donors (Lipinski definition) is 1. The molecule has 2 nitrogen and oxygen atoms in total. The lowest BCUT2D eigenvalue weighted by Gasteiger charge is -2.29. The molecule has 0 aromatic carbocycles. The van der Waals surface area contributed by atoms with Crippen LogP contribution < -0.4 is 5.32 Å². The maximum absolute atomic E-state index is 10.6. The van der Waals surface area contributed by atoms with E-state index in [1.165, 1.54) is 0 Å². The Morgan fingerprint density at radius 2 is 2.62 bits per heavy atom. The largest absolute Gasteiger partial charge is 0.349 e. The number of carbonyl (C=O) groups excluding carboxylic acids is 1. The average molecular weight is 109 g/mol. The van der Waals surface area contributed by atoms with Gasteiger partial charge in [0.15, 0.2) is 0 Å². The number of β-lactam (4-membered cyclic amide) rings is 1. The van der Waals surface area contributed by atoms with E-state index in [9.17, 15) is 4.79 Å². The first-order valence-electron chi connectivity index (χ1n) is 2.85. The summed E-state index contributed by atoms with van der Waals surface area (Å²) in [6.45, 7) is 0. The molecule has 0 aromatic rings. The molecular formula is C6H7NO. The van der Waals surface area contributed by atoms with E-state index in [4.69, 9.17) is 0 Å². The van der Waals surface area contributed by atoms with Crippen LogP contribution in [0.3, 0.4) is 0 Å². The van der Waals surface area contributed by atoms with Gasteiger partial charge in [-0.3, -0.25) is 4.79 Å². The quantitative estimate of drug-likeness (QED) is 0.346. The first kappa shape index (κ1) is 4.13. The third kappa shape index (κ3) is 0.312. The molecule has 1 aliphatic heterocycles. The molecule has 1 amide bonds. The van der Waals surface area contributed by atoms with E-state index in [2.05, 4.69) is 17.5 Å². The fourth-order valence-corrected chi connectivity index (χ4v) is 1.25. The lowest BCUT2D eigenvalue weighted by atomic mass is 9.94. The highest BCUT2D eigenvalue weighted by molar-refractivity contribution is 5.87. The Balaban J connectivity index is 2.19. The molecule has 0 saturated carbocycles. The number of rotatable bonds is 0. The molecular weight excluding hydrogens is 102 g/mol. The van der Waals surface area contributed by atoms with Crippen molar-refractivity contribution in [2.45, 2.75) is 12.5 Å². The standard InChI is InChI=1S/C6H7NO/c8-6-4-2-1-3-5(4)7-6/h1,3-5H,2H2,(H,7,8)/t4-,5+/m1/s1. The Morgan fingerprint density at radius 1 is 1.75 bits per heavy atom. The average Bonchev–Trinajstić information content (AvgIpc) is 2.09. The van der Waals surface area contributed by atoms with Crippen LogP contribution in [0.25, 0.3) is 0 Å². The maximum Gasteiger partial charge on any atom is 0.226 e. The van der Waals surface area contributed by atoms with Gasteiger partial charge in [-0.15, -0.1) is 0 Å². The Bertz CT molecular complexity index is 162. The van der Waals surface area contributed by atoms with Crippen LogP contribution in [-0.4, -0.2) is 11.9 Å². The molecule has 1 fully saturated rings. The molecule has 0 bridgehead atoms. The third-order valence-corrected chi connectivity index (χ3v) is 1.81. The number of hydrogen-bond acceptors (Lipinski definition) is 1. The Morgan fingerprint density at radius 3 is 3.12 bits per heavy atom. The van der Waals surface area contributed by atoms with Gasteiger partial charge in [-0.25, -0.2) is 0 Å². The van der Waals surface area contributed by atoms with Crippen molar-refractivity contribution in [3.05, 3.63) is 12.2 Å². The smallest absolute Gasteiger partial charge is 0.226 e. The molecule has 42 valence electrons. The first-order valence-corrected chi connectivity index (χ1v) is 2.85. The molecule has 1 aliphatic carbocycles. The summed E-state index contributed by atoms with van der Waals surface area (Å²) in [6, 6.07) is 0.391. The van der Waals surface area contributed by atoms with Crippen molar-refractivity contribution in [3.63, 3.8) is 0 Å². The predicted molar refractivity (Wildman–Crippen MR) is 29.2 cm³/mol. The van der Waals surface area contributed by atoms with Crippen LogP contribution in [0.15, 0.2) is 12.2 Å². The van der Waals surface area contributed by atoms with Crippen LogP contribution in [0.5, 0.6) is 0 Å². The normalized spacial score (nSPS) is 40.8. The van der Waals surface area contributed by atoms with Crippen molar-refractivity contribution < 1.29 is 4.79 Å². The Kier molecular flexibility index (Phi) is 0.583. The highest BCUT2D eigenvalue weighted by atomic mass is 16.2. The van der Waals surface area contributed by atoms with Gasteiger partial charge >= 0.3 is 0 Å². The van der Waals surface area contributed by atoms with E-state index >= 15 is 0 Å². The van der Waals surface area contributed by atoms with Gasteiger partial charge in [0.2, 0.25) is 5.91 Å². The van der Waals surface area contributed by atoms with Crippen molar-refractivity contribution in [1.29, 1.82) is 0 Å². The second-order valence-electron chi connectivity index (χ2n) is 2.30. The number of amides is 1. The minimum Gasteiger partial charge on any atom is -0.349 e. The summed E-state index contributed by atoms with van der Waals surface area (Å²) >= 11 is 0. The lowest BCUT2D eigenvalue weighted by molar-refractivity contribution is -0.132. The van der Waals surface area contributed by atoms with Crippen LogP contribution >= 0.6 is 0 Å². The molecule has 0 radical (unpaired) electrons. The maximum atomic E-state index is 10.6. The molecule has 2 heteroatoms. The molecule has 0 aromatic heterocycles. The van der Waals surface area contributed by atoms with Gasteiger partial charge in [0.1, 0.15) is 0 Å². The zero-order chi connectivity index (χ0) is 5.56. The van der Waals surface area contributed by atoms with Gasteiger partial charge in [0.05, 0.1) is 12.0 Å². The first-order chi connectivity index (χ1) is 3.88. The van der Waals surface area contributed by atoms with Gasteiger partial charge in [-0.2, -0.15) is 0 Å². The summed E-state index contributed by atoms with van der Waals surface area (Å²) in [7, 11) is 0. The summed E-state index contributed by atoms with van der Waals surface area (Å²) in [5, 5.41) is 2.78. The van der Waals surface area contributed by atoms with E-state index in [1.54, 1.807) is 0 Å². The van der Waals surface area contributed by atoms with Gasteiger partial charge < -0.3 is 5.32 Å². The monoisotopic (exact) mass is 109 g/mol. The third-order valence-electron chi connectivity index (χ3n) is 1.81. The van der Waals surface area contributed by atoms with Crippen molar-refractivity contribution in [2.75, 3.05) is 0 Å². The summed E-state index contributed by atoms with van der Waals surface area (Å²) in [5.41, 5.74) is 0. The van der Waals surface area contributed by atoms with Crippen molar-refractivity contribution in [1.82, 2.24) is 5.32 Å². The molecule has 1 heterocycles. The second kappa shape index (κ2) is 1.13. The van der Waals surface area contributed by atoms with Crippen LogP contribution in [-0.2, 0) is 4.79 Å². The summed E-state index contributed by atoms with van der Waals surface area (Å²) in [6.07, 6.45) is 5.08. The number of allylic oxidation sites excluding steroid dienone is 1. The zero-order valence-corrected chi connectivity index (χ0v) is 4.42. The number of fused-ring (bicyclic) bond motifs is 1. The highest BCUT2D eigenvalue weighted by Crippen LogP contribution is 2.25. The van der Waals surface area contributed by atoms with Crippen molar-refractivity contribution >= 4 is 5.91 Å². The fraction of sp³-hybridized carbons (Fsp3) is 0.500. The van der Waals surface area contributed by atoms with E-state index in [0.29, 0.717) is 12.0 Å². The Hall–Kier alpha value is -0.790. The van der Waals surface area contributed by atoms with Gasteiger partial charge in [0.25, 0.3) is 0 Å². The minimum absolute atomic E-state index is 0.222. The molecule has 1 N–H and O–H groups in total. The highest BCUT2D eigenvalue weighted by Gasteiger charge is 2.38. The van der Waals surface area contributed by atoms with Crippen molar-refractivity contribution in [3.8, 4) is 0 Å². The van der Waals surface area contributed by atoms with Gasteiger partial charge in [-0.05, 0) is 6.42 Å². The summed E-state index contributed by atoms with van der Waals surface area (Å²) < 4.78 is 0. The predicted octanol–water partition coefficient (Wildman–Crippen LogP) is 0.0609. The lowest BCUT2D eigenvalue weighted by Crippen LogP contribution is -2.54.